The fourth-order valence-electron chi connectivity index (χ4n) is 3.04. The summed E-state index contributed by atoms with van der Waals surface area (Å²) < 4.78 is 14.6. The van der Waals surface area contributed by atoms with E-state index in [-0.39, 0.29) is 16.6 Å². The lowest BCUT2D eigenvalue weighted by atomic mass is 9.79. The normalized spacial score (nSPS) is 13.2. The van der Waals surface area contributed by atoms with E-state index in [2.05, 4.69) is 55.4 Å². The minimum atomic E-state index is -0.198. The third kappa shape index (κ3) is 2.88. The van der Waals surface area contributed by atoms with E-state index >= 15 is 0 Å². The molecular weight excluding hydrogens is 273 g/mol. The molecule has 0 fully saturated rings. The fourth-order valence-corrected chi connectivity index (χ4v) is 3.04. The topological polar surface area (TPSA) is 12.9 Å². The summed E-state index contributed by atoms with van der Waals surface area (Å²) in [6.45, 7) is 17.2. The lowest BCUT2D eigenvalue weighted by molar-refractivity contribution is 0.524. The van der Waals surface area contributed by atoms with Crippen LogP contribution in [-0.4, -0.2) is 4.98 Å². The standard InChI is InChI=1S/C20H28FN/c1-12(2)15-13-10-9-11-14(21)16(13)18(20(6,7)8)22-17(15)19(3,4)5/h9-12H,1-8H3. The molecule has 0 atom stereocenters. The lowest BCUT2D eigenvalue weighted by Gasteiger charge is -2.30. The summed E-state index contributed by atoms with van der Waals surface area (Å²) in [5.74, 6) is 0.136. The van der Waals surface area contributed by atoms with Crippen LogP contribution < -0.4 is 0 Å². The zero-order chi connectivity index (χ0) is 16.9. The highest BCUT2D eigenvalue weighted by atomic mass is 19.1. The van der Waals surface area contributed by atoms with Crippen molar-refractivity contribution in [2.75, 3.05) is 0 Å². The fraction of sp³-hybridized carbons (Fsp3) is 0.550. The number of fused-ring (bicyclic) bond motifs is 1. The van der Waals surface area contributed by atoms with Gasteiger partial charge in [0, 0.05) is 16.2 Å². The van der Waals surface area contributed by atoms with Gasteiger partial charge in [-0.3, -0.25) is 4.98 Å². The highest BCUT2D eigenvalue weighted by Gasteiger charge is 2.29. The van der Waals surface area contributed by atoms with Crippen molar-refractivity contribution in [3.05, 3.63) is 41.0 Å². The first-order valence-electron chi connectivity index (χ1n) is 8.07. The van der Waals surface area contributed by atoms with Crippen molar-refractivity contribution in [2.24, 2.45) is 0 Å². The van der Waals surface area contributed by atoms with Gasteiger partial charge in [-0.2, -0.15) is 0 Å². The molecule has 0 unspecified atom stereocenters. The van der Waals surface area contributed by atoms with E-state index < -0.39 is 0 Å². The first-order valence-corrected chi connectivity index (χ1v) is 8.07. The minimum absolute atomic E-state index is 0.0693. The average Bonchev–Trinajstić information content (AvgIpc) is 2.34. The van der Waals surface area contributed by atoms with Crippen molar-refractivity contribution in [1.82, 2.24) is 4.98 Å². The molecule has 2 aromatic rings. The summed E-state index contributed by atoms with van der Waals surface area (Å²) in [6.07, 6.45) is 0. The van der Waals surface area contributed by atoms with Crippen molar-refractivity contribution in [3.63, 3.8) is 0 Å². The Morgan fingerprint density at radius 1 is 0.909 bits per heavy atom. The van der Waals surface area contributed by atoms with Crippen LogP contribution in [0, 0.1) is 5.82 Å². The molecule has 0 radical (unpaired) electrons. The number of aromatic nitrogens is 1. The Hall–Kier alpha value is -1.44. The third-order valence-electron chi connectivity index (χ3n) is 4.02. The van der Waals surface area contributed by atoms with Crippen LogP contribution in [0.4, 0.5) is 4.39 Å². The number of hydrogen-bond donors (Lipinski definition) is 0. The highest BCUT2D eigenvalue weighted by Crippen LogP contribution is 2.39. The van der Waals surface area contributed by atoms with Crippen LogP contribution in [0.1, 0.15) is 78.3 Å². The molecule has 0 N–H and O–H groups in total. The Morgan fingerprint density at radius 2 is 1.45 bits per heavy atom. The van der Waals surface area contributed by atoms with Crippen molar-refractivity contribution in [2.45, 2.75) is 72.1 Å². The first kappa shape index (κ1) is 16.9. The average molecular weight is 301 g/mol. The lowest BCUT2D eigenvalue weighted by Crippen LogP contribution is -2.23. The van der Waals surface area contributed by atoms with Gasteiger partial charge >= 0.3 is 0 Å². The van der Waals surface area contributed by atoms with Crippen LogP contribution in [0.5, 0.6) is 0 Å². The summed E-state index contributed by atoms with van der Waals surface area (Å²) in [5, 5.41) is 1.70. The van der Waals surface area contributed by atoms with E-state index in [0.29, 0.717) is 11.3 Å². The maximum Gasteiger partial charge on any atom is 0.132 e. The molecule has 0 bridgehead atoms. The molecular formula is C20H28FN. The molecule has 2 heteroatoms. The van der Waals surface area contributed by atoms with Gasteiger partial charge in [-0.25, -0.2) is 4.39 Å². The molecule has 0 aliphatic heterocycles. The van der Waals surface area contributed by atoms with E-state index in [0.717, 1.165) is 16.8 Å². The monoisotopic (exact) mass is 301 g/mol. The summed E-state index contributed by atoms with van der Waals surface area (Å²) in [6, 6.07) is 5.39. The quantitative estimate of drug-likeness (QED) is 0.621. The van der Waals surface area contributed by atoms with Crippen molar-refractivity contribution >= 4 is 10.8 Å². The molecule has 0 aliphatic rings. The van der Waals surface area contributed by atoms with E-state index in [4.69, 9.17) is 4.98 Å². The molecule has 0 amide bonds. The maximum atomic E-state index is 14.6. The van der Waals surface area contributed by atoms with Gasteiger partial charge in [-0.05, 0) is 22.9 Å². The van der Waals surface area contributed by atoms with Crippen LogP contribution in [0.2, 0.25) is 0 Å². The van der Waals surface area contributed by atoms with E-state index in [1.54, 1.807) is 6.07 Å². The van der Waals surface area contributed by atoms with Gasteiger partial charge in [0.1, 0.15) is 5.82 Å². The largest absolute Gasteiger partial charge is 0.256 e. The van der Waals surface area contributed by atoms with Crippen LogP contribution in [0.25, 0.3) is 10.8 Å². The third-order valence-corrected chi connectivity index (χ3v) is 4.02. The Labute approximate surface area is 134 Å². The van der Waals surface area contributed by atoms with E-state index in [1.165, 1.54) is 5.56 Å². The van der Waals surface area contributed by atoms with E-state index in [9.17, 15) is 4.39 Å². The van der Waals surface area contributed by atoms with Gasteiger partial charge in [0.2, 0.25) is 0 Å². The molecule has 120 valence electrons. The number of nitrogens with zero attached hydrogens (tertiary/aromatic N) is 1. The van der Waals surface area contributed by atoms with Crippen molar-refractivity contribution < 1.29 is 4.39 Å². The van der Waals surface area contributed by atoms with Crippen LogP contribution >= 0.6 is 0 Å². The summed E-state index contributed by atoms with van der Waals surface area (Å²) in [7, 11) is 0. The van der Waals surface area contributed by atoms with Gasteiger partial charge in [0.05, 0.1) is 11.4 Å². The van der Waals surface area contributed by atoms with Gasteiger partial charge < -0.3 is 0 Å². The number of halogens is 1. The molecule has 0 aliphatic carbocycles. The number of benzene rings is 1. The molecule has 2 rings (SSSR count). The molecule has 1 nitrogen and oxygen atoms in total. The molecule has 1 aromatic heterocycles. The first-order chi connectivity index (χ1) is 9.94. The van der Waals surface area contributed by atoms with Gasteiger partial charge in [-0.15, -0.1) is 0 Å². The number of pyridine rings is 1. The SMILES string of the molecule is CC(C)c1c(C(C)(C)C)nc(C(C)(C)C)c2c(F)cccc12. The Balaban J connectivity index is 3.07. The molecule has 0 saturated heterocycles. The maximum absolute atomic E-state index is 14.6. The minimum Gasteiger partial charge on any atom is -0.256 e. The predicted octanol–water partition coefficient (Wildman–Crippen LogP) is 6.09. The Morgan fingerprint density at radius 3 is 1.91 bits per heavy atom. The highest BCUT2D eigenvalue weighted by molar-refractivity contribution is 5.90. The van der Waals surface area contributed by atoms with Gasteiger partial charge in [0.25, 0.3) is 0 Å². The number of rotatable bonds is 1. The number of hydrogen-bond acceptors (Lipinski definition) is 1. The van der Waals surface area contributed by atoms with Crippen LogP contribution in [0.15, 0.2) is 18.2 Å². The molecule has 0 saturated carbocycles. The van der Waals surface area contributed by atoms with Crippen molar-refractivity contribution in [1.29, 1.82) is 0 Å². The second kappa shape index (κ2) is 5.33. The Bertz CT molecular complexity index is 700. The van der Waals surface area contributed by atoms with Gasteiger partial charge in [0.15, 0.2) is 0 Å². The zero-order valence-electron chi connectivity index (χ0n) is 15.1. The van der Waals surface area contributed by atoms with E-state index in [1.807, 2.05) is 12.1 Å². The summed E-state index contributed by atoms with van der Waals surface area (Å²) in [4.78, 5) is 4.99. The second-order valence-corrected chi connectivity index (χ2v) is 8.54. The summed E-state index contributed by atoms with van der Waals surface area (Å²) >= 11 is 0. The zero-order valence-corrected chi connectivity index (χ0v) is 15.1. The van der Waals surface area contributed by atoms with Crippen molar-refractivity contribution in [3.8, 4) is 0 Å². The molecule has 0 spiro atoms. The molecule has 22 heavy (non-hydrogen) atoms. The summed E-state index contributed by atoms with van der Waals surface area (Å²) in [5.41, 5.74) is 2.85. The second-order valence-electron chi connectivity index (χ2n) is 8.54. The molecule has 1 heterocycles. The Kier molecular flexibility index (Phi) is 4.10. The van der Waals surface area contributed by atoms with Crippen LogP contribution in [0.3, 0.4) is 0 Å². The van der Waals surface area contributed by atoms with Crippen LogP contribution in [-0.2, 0) is 10.8 Å². The van der Waals surface area contributed by atoms with Gasteiger partial charge in [-0.1, -0.05) is 67.5 Å². The molecule has 1 aromatic carbocycles. The smallest absolute Gasteiger partial charge is 0.132 e. The predicted molar refractivity (Wildman–Crippen MR) is 93.2 cm³/mol.